The SMILES string of the molecule is CSc1ccc(C)cc1-c1nc2cc(F)cc(F)c2c(Cl)c1C. The van der Waals surface area contributed by atoms with Crippen molar-refractivity contribution >= 4 is 34.3 Å². The molecule has 1 heterocycles. The fourth-order valence-corrected chi connectivity index (χ4v) is 3.49. The Morgan fingerprint density at radius 1 is 1.09 bits per heavy atom. The second kappa shape index (κ2) is 6.10. The maximum absolute atomic E-state index is 14.1. The summed E-state index contributed by atoms with van der Waals surface area (Å²) in [6.07, 6.45) is 1.98. The Balaban J connectivity index is 2.40. The molecule has 5 heteroatoms. The van der Waals surface area contributed by atoms with Crippen molar-refractivity contribution in [3.63, 3.8) is 0 Å². The first-order valence-corrected chi connectivity index (χ1v) is 8.62. The average Bonchev–Trinajstić information content (AvgIpc) is 2.50. The predicted octanol–water partition coefficient (Wildman–Crippen LogP) is 6.17. The van der Waals surface area contributed by atoms with Crippen LogP contribution in [0.5, 0.6) is 0 Å². The molecule has 0 fully saturated rings. The first-order valence-electron chi connectivity index (χ1n) is 7.02. The first-order chi connectivity index (χ1) is 10.9. The largest absolute Gasteiger partial charge is 0.247 e. The standard InChI is InChI=1S/C18H14ClF2NS/c1-9-4-5-15(23-3)12(6-9)18-10(2)17(19)16-13(21)7-11(20)8-14(16)22-18/h4-8H,1-3H3. The second-order valence-corrected chi connectivity index (χ2v) is 6.61. The molecule has 0 atom stereocenters. The quantitative estimate of drug-likeness (QED) is 0.513. The Kier molecular flexibility index (Phi) is 4.30. The zero-order chi connectivity index (χ0) is 16.7. The van der Waals surface area contributed by atoms with Gasteiger partial charge >= 0.3 is 0 Å². The van der Waals surface area contributed by atoms with Gasteiger partial charge in [-0.25, -0.2) is 13.8 Å². The lowest BCUT2D eigenvalue weighted by Gasteiger charge is -2.14. The molecule has 2 aromatic carbocycles. The number of hydrogen-bond acceptors (Lipinski definition) is 2. The smallest absolute Gasteiger partial charge is 0.137 e. The van der Waals surface area contributed by atoms with Gasteiger partial charge in [0.1, 0.15) is 11.6 Å². The molecule has 0 aliphatic heterocycles. The van der Waals surface area contributed by atoms with Gasteiger partial charge in [-0.3, -0.25) is 0 Å². The van der Waals surface area contributed by atoms with Gasteiger partial charge in [-0.1, -0.05) is 23.2 Å². The molecule has 0 unspecified atom stereocenters. The van der Waals surface area contributed by atoms with Crippen LogP contribution in [-0.2, 0) is 0 Å². The van der Waals surface area contributed by atoms with Crippen molar-refractivity contribution < 1.29 is 8.78 Å². The number of nitrogens with zero attached hydrogens (tertiary/aromatic N) is 1. The Morgan fingerprint density at radius 3 is 2.52 bits per heavy atom. The molecule has 0 N–H and O–H groups in total. The molecular weight excluding hydrogens is 336 g/mol. The highest BCUT2D eigenvalue weighted by molar-refractivity contribution is 7.98. The summed E-state index contributed by atoms with van der Waals surface area (Å²) >= 11 is 7.96. The molecule has 0 bridgehead atoms. The average molecular weight is 350 g/mol. The van der Waals surface area contributed by atoms with Crippen LogP contribution in [0.15, 0.2) is 35.2 Å². The number of pyridine rings is 1. The number of benzene rings is 2. The summed E-state index contributed by atoms with van der Waals surface area (Å²) in [6.45, 7) is 3.80. The van der Waals surface area contributed by atoms with Gasteiger partial charge in [0.15, 0.2) is 0 Å². The van der Waals surface area contributed by atoms with Crippen LogP contribution in [0.1, 0.15) is 11.1 Å². The summed E-state index contributed by atoms with van der Waals surface area (Å²) in [5.41, 5.74) is 3.57. The molecule has 0 aliphatic carbocycles. The number of thioether (sulfide) groups is 1. The molecule has 1 nitrogen and oxygen atoms in total. The van der Waals surface area contributed by atoms with Gasteiger partial charge in [0.2, 0.25) is 0 Å². The first kappa shape index (κ1) is 16.2. The fourth-order valence-electron chi connectivity index (χ4n) is 2.63. The third-order valence-electron chi connectivity index (χ3n) is 3.78. The topological polar surface area (TPSA) is 12.9 Å². The molecule has 118 valence electrons. The number of fused-ring (bicyclic) bond motifs is 1. The monoisotopic (exact) mass is 349 g/mol. The van der Waals surface area contributed by atoms with Crippen LogP contribution in [0.4, 0.5) is 8.78 Å². The molecule has 0 amide bonds. The van der Waals surface area contributed by atoms with E-state index in [9.17, 15) is 8.78 Å². The van der Waals surface area contributed by atoms with Crippen molar-refractivity contribution in [3.05, 3.63) is 58.1 Å². The van der Waals surface area contributed by atoms with Gasteiger partial charge < -0.3 is 0 Å². The summed E-state index contributed by atoms with van der Waals surface area (Å²) in [5.74, 6) is -1.36. The van der Waals surface area contributed by atoms with E-state index in [1.807, 2.05) is 31.4 Å². The summed E-state index contributed by atoms with van der Waals surface area (Å²) in [4.78, 5) is 5.54. The van der Waals surface area contributed by atoms with Crippen LogP contribution >= 0.6 is 23.4 Å². The minimum Gasteiger partial charge on any atom is -0.247 e. The zero-order valence-electron chi connectivity index (χ0n) is 12.9. The Bertz CT molecular complexity index is 925. The van der Waals surface area contributed by atoms with Crippen molar-refractivity contribution in [1.29, 1.82) is 0 Å². The molecule has 3 aromatic rings. The van der Waals surface area contributed by atoms with E-state index in [1.54, 1.807) is 18.7 Å². The van der Waals surface area contributed by atoms with Crippen molar-refractivity contribution in [2.45, 2.75) is 18.7 Å². The third-order valence-corrected chi connectivity index (χ3v) is 5.05. The van der Waals surface area contributed by atoms with Gasteiger partial charge in [0.25, 0.3) is 0 Å². The molecule has 23 heavy (non-hydrogen) atoms. The van der Waals surface area contributed by atoms with E-state index < -0.39 is 11.6 Å². The molecule has 0 aliphatic rings. The highest BCUT2D eigenvalue weighted by atomic mass is 35.5. The van der Waals surface area contributed by atoms with Crippen LogP contribution in [0.3, 0.4) is 0 Å². The summed E-state index contributed by atoms with van der Waals surface area (Å²) in [5, 5.41) is 0.434. The number of aromatic nitrogens is 1. The highest BCUT2D eigenvalue weighted by Crippen LogP contribution is 2.38. The number of halogens is 3. The Morgan fingerprint density at radius 2 is 1.83 bits per heavy atom. The van der Waals surface area contributed by atoms with E-state index in [0.29, 0.717) is 11.3 Å². The zero-order valence-corrected chi connectivity index (χ0v) is 14.4. The van der Waals surface area contributed by atoms with Crippen molar-refractivity contribution in [3.8, 4) is 11.3 Å². The minimum absolute atomic E-state index is 0.160. The lowest BCUT2D eigenvalue weighted by Crippen LogP contribution is -1.97. The maximum atomic E-state index is 14.1. The second-order valence-electron chi connectivity index (χ2n) is 5.38. The van der Waals surface area contributed by atoms with E-state index in [2.05, 4.69) is 4.98 Å². The molecule has 3 rings (SSSR count). The van der Waals surface area contributed by atoms with E-state index in [4.69, 9.17) is 11.6 Å². The van der Waals surface area contributed by atoms with Gasteiger partial charge in [-0.2, -0.15) is 0 Å². The highest BCUT2D eigenvalue weighted by Gasteiger charge is 2.18. The molecule has 0 spiro atoms. The van der Waals surface area contributed by atoms with E-state index in [0.717, 1.165) is 22.1 Å². The molecule has 0 saturated heterocycles. The van der Waals surface area contributed by atoms with E-state index in [-0.39, 0.29) is 15.9 Å². The lowest BCUT2D eigenvalue weighted by molar-refractivity contribution is 0.591. The van der Waals surface area contributed by atoms with Crippen LogP contribution in [0, 0.1) is 25.5 Å². The van der Waals surface area contributed by atoms with E-state index >= 15 is 0 Å². The van der Waals surface area contributed by atoms with Crippen molar-refractivity contribution in [2.24, 2.45) is 0 Å². The van der Waals surface area contributed by atoms with Gasteiger partial charge in [0, 0.05) is 22.6 Å². The number of rotatable bonds is 2. The molecular formula is C18H14ClF2NS. The minimum atomic E-state index is -0.693. The van der Waals surface area contributed by atoms with Crippen molar-refractivity contribution in [1.82, 2.24) is 4.98 Å². The van der Waals surface area contributed by atoms with Crippen LogP contribution < -0.4 is 0 Å². The normalized spacial score (nSPS) is 11.2. The number of hydrogen-bond donors (Lipinski definition) is 0. The number of aryl methyl sites for hydroxylation is 1. The van der Waals surface area contributed by atoms with Gasteiger partial charge in [0.05, 0.1) is 21.6 Å². The summed E-state index contributed by atoms with van der Waals surface area (Å²) < 4.78 is 27.6. The van der Waals surface area contributed by atoms with Gasteiger partial charge in [-0.05, 0) is 37.8 Å². The van der Waals surface area contributed by atoms with Crippen LogP contribution in [-0.4, -0.2) is 11.2 Å². The van der Waals surface area contributed by atoms with Crippen LogP contribution in [0.2, 0.25) is 5.02 Å². The molecule has 0 radical (unpaired) electrons. The Labute approximate surface area is 142 Å². The summed E-state index contributed by atoms with van der Waals surface area (Å²) in [7, 11) is 0. The van der Waals surface area contributed by atoms with Crippen LogP contribution in [0.25, 0.3) is 22.2 Å². The molecule has 0 saturated carbocycles. The predicted molar refractivity (Wildman–Crippen MR) is 93.4 cm³/mol. The Hall–Kier alpha value is -1.65. The maximum Gasteiger partial charge on any atom is 0.137 e. The summed E-state index contributed by atoms with van der Waals surface area (Å²) in [6, 6.07) is 8.09. The lowest BCUT2D eigenvalue weighted by atomic mass is 10.0. The van der Waals surface area contributed by atoms with E-state index in [1.165, 1.54) is 6.07 Å². The van der Waals surface area contributed by atoms with Crippen molar-refractivity contribution in [2.75, 3.05) is 6.26 Å². The van der Waals surface area contributed by atoms with Gasteiger partial charge in [-0.15, -0.1) is 11.8 Å². The fraction of sp³-hybridized carbons (Fsp3) is 0.167. The molecule has 1 aromatic heterocycles. The third kappa shape index (κ3) is 2.81.